The first-order chi connectivity index (χ1) is 4.99. The Bertz CT molecular complexity index is 172. The van der Waals surface area contributed by atoms with Gasteiger partial charge in [-0.2, -0.15) is 0 Å². The average molecular weight is 156 g/mol. The molecule has 1 aliphatic carbocycles. The van der Waals surface area contributed by atoms with E-state index in [2.05, 4.69) is 13.8 Å². The molecule has 0 aliphatic heterocycles. The summed E-state index contributed by atoms with van der Waals surface area (Å²) in [5, 5.41) is 9.04. The van der Waals surface area contributed by atoms with Gasteiger partial charge in [-0.1, -0.05) is 20.8 Å². The monoisotopic (exact) mass is 156 g/mol. The zero-order valence-corrected chi connectivity index (χ0v) is 7.42. The summed E-state index contributed by atoms with van der Waals surface area (Å²) >= 11 is 0. The number of rotatable bonds is 1. The van der Waals surface area contributed by atoms with Crippen molar-refractivity contribution in [3.63, 3.8) is 0 Å². The minimum absolute atomic E-state index is 0.00521. The van der Waals surface area contributed by atoms with Gasteiger partial charge in [0.15, 0.2) is 0 Å². The molecule has 1 rings (SSSR count). The first-order valence-corrected chi connectivity index (χ1v) is 4.12. The topological polar surface area (TPSA) is 37.3 Å². The third-order valence-electron chi connectivity index (χ3n) is 2.94. The number of ketones is 1. The molecule has 0 aromatic carbocycles. The van der Waals surface area contributed by atoms with E-state index in [1.807, 2.05) is 6.92 Å². The van der Waals surface area contributed by atoms with Crippen molar-refractivity contribution < 1.29 is 9.90 Å². The molecule has 2 nitrogen and oxygen atoms in total. The van der Waals surface area contributed by atoms with Crippen molar-refractivity contribution >= 4 is 5.78 Å². The molecule has 1 N–H and O–H groups in total. The van der Waals surface area contributed by atoms with Gasteiger partial charge in [-0.3, -0.25) is 4.79 Å². The smallest absolute Gasteiger partial charge is 0.136 e. The van der Waals surface area contributed by atoms with Crippen LogP contribution in [0.3, 0.4) is 0 Å². The molecule has 0 radical (unpaired) electrons. The van der Waals surface area contributed by atoms with Crippen LogP contribution in [-0.4, -0.2) is 17.5 Å². The van der Waals surface area contributed by atoms with E-state index in [0.717, 1.165) is 0 Å². The van der Waals surface area contributed by atoms with E-state index in [1.165, 1.54) is 0 Å². The van der Waals surface area contributed by atoms with Crippen molar-refractivity contribution in [1.82, 2.24) is 0 Å². The van der Waals surface area contributed by atoms with Crippen molar-refractivity contribution in [2.45, 2.75) is 27.2 Å². The highest BCUT2D eigenvalue weighted by molar-refractivity contribution is 5.84. The lowest BCUT2D eigenvalue weighted by Crippen LogP contribution is -2.24. The van der Waals surface area contributed by atoms with Gasteiger partial charge in [-0.15, -0.1) is 0 Å². The van der Waals surface area contributed by atoms with Crippen LogP contribution in [0.5, 0.6) is 0 Å². The van der Waals surface area contributed by atoms with Crippen LogP contribution in [-0.2, 0) is 4.79 Å². The van der Waals surface area contributed by atoms with E-state index in [9.17, 15) is 4.79 Å². The summed E-state index contributed by atoms with van der Waals surface area (Å²) < 4.78 is 0. The number of hydrogen-bond donors (Lipinski definition) is 1. The Labute approximate surface area is 67.6 Å². The fourth-order valence-electron chi connectivity index (χ4n) is 2.05. The Balaban J connectivity index is 2.81. The molecule has 2 unspecified atom stereocenters. The van der Waals surface area contributed by atoms with Gasteiger partial charge in [0.2, 0.25) is 0 Å². The maximum absolute atomic E-state index is 11.2. The Morgan fingerprint density at radius 2 is 2.18 bits per heavy atom. The first kappa shape index (κ1) is 8.72. The number of aliphatic hydroxyl groups is 1. The van der Waals surface area contributed by atoms with Crippen LogP contribution in [0.1, 0.15) is 27.2 Å². The summed E-state index contributed by atoms with van der Waals surface area (Å²) in [4.78, 5) is 11.2. The lowest BCUT2D eigenvalue weighted by atomic mass is 9.80. The van der Waals surface area contributed by atoms with Crippen molar-refractivity contribution in [2.24, 2.45) is 17.3 Å². The molecular weight excluding hydrogens is 140 g/mol. The predicted octanol–water partition coefficient (Wildman–Crippen LogP) is 1.23. The lowest BCUT2D eigenvalue weighted by molar-refractivity contribution is -0.121. The molecule has 0 amide bonds. The normalized spacial score (nSPS) is 36.2. The van der Waals surface area contributed by atoms with Gasteiger partial charge < -0.3 is 5.11 Å². The third kappa shape index (κ3) is 1.32. The minimum Gasteiger partial charge on any atom is -0.396 e. The second kappa shape index (κ2) is 2.59. The van der Waals surface area contributed by atoms with Gasteiger partial charge >= 0.3 is 0 Å². The predicted molar refractivity (Wildman–Crippen MR) is 43.1 cm³/mol. The van der Waals surface area contributed by atoms with Gasteiger partial charge in [0, 0.05) is 18.9 Å². The van der Waals surface area contributed by atoms with E-state index in [0.29, 0.717) is 12.2 Å². The molecule has 0 bridgehead atoms. The number of hydrogen-bond acceptors (Lipinski definition) is 2. The zero-order chi connectivity index (χ0) is 8.65. The summed E-state index contributed by atoms with van der Waals surface area (Å²) in [7, 11) is 0. The summed E-state index contributed by atoms with van der Waals surface area (Å²) in [6, 6.07) is 0. The van der Waals surface area contributed by atoms with Crippen LogP contribution in [0.4, 0.5) is 0 Å². The maximum Gasteiger partial charge on any atom is 0.136 e. The standard InChI is InChI=1S/C9H16O2/c1-6-7(5-10)9(2,3)4-8(6)11/h6-7,10H,4-5H2,1-3H3. The molecule has 0 aromatic rings. The van der Waals surface area contributed by atoms with Crippen LogP contribution in [0, 0.1) is 17.3 Å². The second-order valence-electron chi connectivity index (χ2n) is 4.21. The van der Waals surface area contributed by atoms with Gasteiger partial charge in [-0.05, 0) is 11.3 Å². The third-order valence-corrected chi connectivity index (χ3v) is 2.94. The van der Waals surface area contributed by atoms with E-state index < -0.39 is 0 Å². The van der Waals surface area contributed by atoms with E-state index in [1.54, 1.807) is 0 Å². The number of Topliss-reactive ketones (excluding diaryl/α,β-unsaturated/α-hetero) is 1. The fourth-order valence-corrected chi connectivity index (χ4v) is 2.05. The van der Waals surface area contributed by atoms with E-state index in [4.69, 9.17) is 5.11 Å². The van der Waals surface area contributed by atoms with E-state index in [-0.39, 0.29) is 23.9 Å². The molecule has 64 valence electrons. The fraction of sp³-hybridized carbons (Fsp3) is 0.889. The molecule has 0 aromatic heterocycles. The molecule has 0 saturated heterocycles. The van der Waals surface area contributed by atoms with Gasteiger partial charge in [0.25, 0.3) is 0 Å². The summed E-state index contributed by atoms with van der Waals surface area (Å²) in [6.07, 6.45) is 0.624. The molecule has 2 heteroatoms. The Morgan fingerprint density at radius 1 is 1.64 bits per heavy atom. The highest BCUT2D eigenvalue weighted by Crippen LogP contribution is 2.43. The molecule has 0 heterocycles. The van der Waals surface area contributed by atoms with Crippen LogP contribution in [0.25, 0.3) is 0 Å². The molecular formula is C9H16O2. The van der Waals surface area contributed by atoms with Crippen LogP contribution in [0.2, 0.25) is 0 Å². The zero-order valence-electron chi connectivity index (χ0n) is 7.42. The average Bonchev–Trinajstić information content (AvgIpc) is 2.03. The summed E-state index contributed by atoms with van der Waals surface area (Å²) in [6.45, 7) is 6.16. The number of carbonyl (C=O) groups is 1. The summed E-state index contributed by atoms with van der Waals surface area (Å²) in [5.74, 6) is 0.513. The molecule has 11 heavy (non-hydrogen) atoms. The SMILES string of the molecule is CC1C(=O)CC(C)(C)C1CO. The van der Waals surface area contributed by atoms with Crippen LogP contribution in [0.15, 0.2) is 0 Å². The summed E-state index contributed by atoms with van der Waals surface area (Å²) in [5.41, 5.74) is 0.00521. The molecule has 1 saturated carbocycles. The first-order valence-electron chi connectivity index (χ1n) is 4.12. The van der Waals surface area contributed by atoms with Crippen molar-refractivity contribution in [3.8, 4) is 0 Å². The second-order valence-corrected chi connectivity index (χ2v) is 4.21. The minimum atomic E-state index is 0.00521. The lowest BCUT2D eigenvalue weighted by Gasteiger charge is -2.25. The highest BCUT2D eigenvalue weighted by Gasteiger charge is 2.44. The van der Waals surface area contributed by atoms with Crippen molar-refractivity contribution in [3.05, 3.63) is 0 Å². The van der Waals surface area contributed by atoms with Crippen LogP contribution >= 0.6 is 0 Å². The van der Waals surface area contributed by atoms with Gasteiger partial charge in [-0.25, -0.2) is 0 Å². The van der Waals surface area contributed by atoms with Gasteiger partial charge in [0.1, 0.15) is 5.78 Å². The number of aliphatic hydroxyl groups excluding tert-OH is 1. The molecule has 1 aliphatic rings. The molecule has 0 spiro atoms. The number of carbonyl (C=O) groups excluding carboxylic acids is 1. The molecule has 1 fully saturated rings. The van der Waals surface area contributed by atoms with Crippen LogP contribution < -0.4 is 0 Å². The Kier molecular flexibility index (Phi) is 2.06. The molecule has 2 atom stereocenters. The Hall–Kier alpha value is -0.370. The van der Waals surface area contributed by atoms with Crippen molar-refractivity contribution in [1.29, 1.82) is 0 Å². The van der Waals surface area contributed by atoms with Crippen molar-refractivity contribution in [2.75, 3.05) is 6.61 Å². The van der Waals surface area contributed by atoms with Gasteiger partial charge in [0.05, 0.1) is 0 Å². The largest absolute Gasteiger partial charge is 0.396 e. The highest BCUT2D eigenvalue weighted by atomic mass is 16.3. The maximum atomic E-state index is 11.2. The Morgan fingerprint density at radius 3 is 2.36 bits per heavy atom. The van der Waals surface area contributed by atoms with E-state index >= 15 is 0 Å². The quantitative estimate of drug-likeness (QED) is 0.620.